The van der Waals surface area contributed by atoms with Gasteiger partial charge in [-0.05, 0) is 39.7 Å². The van der Waals surface area contributed by atoms with E-state index in [0.29, 0.717) is 29.9 Å². The van der Waals surface area contributed by atoms with Crippen molar-refractivity contribution in [2.24, 2.45) is 0 Å². The summed E-state index contributed by atoms with van der Waals surface area (Å²) in [5.41, 5.74) is 1.47. The molecule has 2 aromatic heterocycles. The Kier molecular flexibility index (Phi) is 4.55. The number of hydrogen-bond acceptors (Lipinski definition) is 4. The second-order valence-electron chi connectivity index (χ2n) is 7.75. The van der Waals surface area contributed by atoms with Crippen molar-refractivity contribution in [2.45, 2.75) is 71.0 Å². The molecule has 0 radical (unpaired) electrons. The summed E-state index contributed by atoms with van der Waals surface area (Å²) in [5, 5.41) is 3.94. The second kappa shape index (κ2) is 6.79. The van der Waals surface area contributed by atoms with E-state index in [1.54, 1.807) is 20.8 Å². The Morgan fingerprint density at radius 3 is 2.57 bits per heavy atom. The predicted molar refractivity (Wildman–Crippen MR) is 97.3 cm³/mol. The molecular formula is C19H23F2N5O2. The third-order valence-electron chi connectivity index (χ3n) is 5.85. The van der Waals surface area contributed by atoms with Crippen LogP contribution in [0.2, 0.25) is 0 Å². The van der Waals surface area contributed by atoms with Gasteiger partial charge in [-0.3, -0.25) is 14.3 Å². The first-order valence-corrected chi connectivity index (χ1v) is 9.51. The number of aromatic nitrogens is 4. The molecule has 4 heterocycles. The molecule has 2 aliphatic heterocycles. The van der Waals surface area contributed by atoms with Crippen LogP contribution in [0.15, 0.2) is 10.9 Å². The van der Waals surface area contributed by atoms with Crippen molar-refractivity contribution in [1.29, 1.82) is 0 Å². The van der Waals surface area contributed by atoms with Gasteiger partial charge in [0, 0.05) is 36.2 Å². The van der Waals surface area contributed by atoms with Crippen LogP contribution in [0.4, 0.5) is 8.78 Å². The zero-order chi connectivity index (χ0) is 20.2. The molecule has 9 heteroatoms. The van der Waals surface area contributed by atoms with Gasteiger partial charge >= 0.3 is 0 Å². The Balaban J connectivity index is 1.64. The van der Waals surface area contributed by atoms with Gasteiger partial charge in [0.25, 0.3) is 12.0 Å². The summed E-state index contributed by atoms with van der Waals surface area (Å²) in [4.78, 5) is 34.8. The minimum atomic E-state index is -2.67. The van der Waals surface area contributed by atoms with Crippen LogP contribution in [0.5, 0.6) is 0 Å². The van der Waals surface area contributed by atoms with Crippen molar-refractivity contribution in [2.75, 3.05) is 0 Å². The van der Waals surface area contributed by atoms with E-state index in [0.717, 1.165) is 18.5 Å². The van der Waals surface area contributed by atoms with Crippen LogP contribution in [0.25, 0.3) is 0 Å². The molecule has 2 bridgehead atoms. The Hall–Kier alpha value is -2.58. The molecule has 0 aromatic carbocycles. The van der Waals surface area contributed by atoms with Crippen molar-refractivity contribution in [1.82, 2.24) is 24.6 Å². The van der Waals surface area contributed by atoms with E-state index >= 15 is 0 Å². The summed E-state index contributed by atoms with van der Waals surface area (Å²) in [7, 11) is 0. The number of nitrogens with zero attached hydrogens (tertiary/aromatic N) is 4. The molecule has 28 heavy (non-hydrogen) atoms. The number of aromatic amines is 1. The van der Waals surface area contributed by atoms with Gasteiger partial charge in [-0.2, -0.15) is 5.10 Å². The maximum Gasteiger partial charge on any atom is 0.282 e. The van der Waals surface area contributed by atoms with Gasteiger partial charge in [0.05, 0.1) is 5.69 Å². The molecule has 3 atom stereocenters. The lowest BCUT2D eigenvalue weighted by Crippen LogP contribution is -2.45. The number of carbonyl (C=O) groups is 1. The highest BCUT2D eigenvalue weighted by atomic mass is 19.3. The lowest BCUT2D eigenvalue weighted by Gasteiger charge is -2.31. The third-order valence-corrected chi connectivity index (χ3v) is 5.85. The Morgan fingerprint density at radius 1 is 1.25 bits per heavy atom. The molecule has 150 valence electrons. The van der Waals surface area contributed by atoms with Gasteiger partial charge < -0.3 is 9.88 Å². The molecule has 1 saturated heterocycles. The van der Waals surface area contributed by atoms with Gasteiger partial charge in [-0.25, -0.2) is 13.8 Å². The molecule has 4 rings (SSSR count). The summed E-state index contributed by atoms with van der Waals surface area (Å²) >= 11 is 0. The van der Waals surface area contributed by atoms with Gasteiger partial charge in [0.15, 0.2) is 0 Å². The maximum atomic E-state index is 13.3. The molecule has 1 amide bonds. The standard InChI is InChI=1S/C19H23F2N5O2/c1-9-6-16(17(20)21)24-26(9)10(2)19(28)25-12-4-5-13(25)8-15-14(7-12)18(27)23-11(3)22-15/h6,10,12-13,17H,4-5,7-8H2,1-3H3,(H,22,23,27)/t10-,12-,13+/m0/s1. The van der Waals surface area contributed by atoms with Crippen molar-refractivity contribution in [3.05, 3.63) is 44.9 Å². The zero-order valence-corrected chi connectivity index (χ0v) is 16.1. The van der Waals surface area contributed by atoms with Crippen LogP contribution in [0.1, 0.15) is 60.7 Å². The molecule has 2 aromatic rings. The van der Waals surface area contributed by atoms with Crippen LogP contribution in [0, 0.1) is 13.8 Å². The number of rotatable bonds is 3. The molecule has 7 nitrogen and oxygen atoms in total. The normalized spacial score (nSPS) is 22.3. The first kappa shape index (κ1) is 18.8. The molecule has 1 N–H and O–H groups in total. The minimum Gasteiger partial charge on any atom is -0.334 e. The quantitative estimate of drug-likeness (QED) is 0.870. The van der Waals surface area contributed by atoms with Crippen LogP contribution in [-0.2, 0) is 17.6 Å². The summed E-state index contributed by atoms with van der Waals surface area (Å²) in [5.74, 6) is 0.417. The van der Waals surface area contributed by atoms with Crippen molar-refractivity contribution >= 4 is 5.91 Å². The van der Waals surface area contributed by atoms with E-state index in [1.807, 2.05) is 4.90 Å². The summed E-state index contributed by atoms with van der Waals surface area (Å²) in [6.07, 6.45) is -0.0118. The smallest absolute Gasteiger partial charge is 0.282 e. The largest absolute Gasteiger partial charge is 0.334 e. The van der Waals surface area contributed by atoms with E-state index in [1.165, 1.54) is 10.7 Å². The summed E-state index contributed by atoms with van der Waals surface area (Å²) < 4.78 is 27.3. The number of fused-ring (bicyclic) bond motifs is 3. The average molecular weight is 391 g/mol. The average Bonchev–Trinajstić information content (AvgIpc) is 3.14. The Morgan fingerprint density at radius 2 is 1.93 bits per heavy atom. The fourth-order valence-electron chi connectivity index (χ4n) is 4.56. The monoisotopic (exact) mass is 391 g/mol. The number of nitrogens with one attached hydrogen (secondary N) is 1. The highest BCUT2D eigenvalue weighted by Crippen LogP contribution is 2.34. The highest BCUT2D eigenvalue weighted by molar-refractivity contribution is 5.81. The molecule has 1 fully saturated rings. The van der Waals surface area contributed by atoms with Gasteiger partial charge in [0.1, 0.15) is 17.6 Å². The summed E-state index contributed by atoms with van der Waals surface area (Å²) in [6.45, 7) is 5.10. The van der Waals surface area contributed by atoms with Crippen LogP contribution in [0.3, 0.4) is 0 Å². The molecule has 0 unspecified atom stereocenters. The van der Waals surface area contributed by atoms with Gasteiger partial charge in [-0.1, -0.05) is 0 Å². The number of aryl methyl sites for hydroxylation is 2. The molecule has 2 aliphatic rings. The van der Waals surface area contributed by atoms with Crippen molar-refractivity contribution in [3.63, 3.8) is 0 Å². The lowest BCUT2D eigenvalue weighted by molar-refractivity contribution is -0.137. The first-order valence-electron chi connectivity index (χ1n) is 9.51. The van der Waals surface area contributed by atoms with Gasteiger partial charge in [0.2, 0.25) is 5.91 Å². The Labute approximate surface area is 160 Å². The number of hydrogen-bond donors (Lipinski definition) is 1. The first-order chi connectivity index (χ1) is 13.3. The van der Waals surface area contributed by atoms with E-state index in [2.05, 4.69) is 15.1 Å². The van der Waals surface area contributed by atoms with E-state index < -0.39 is 12.5 Å². The van der Waals surface area contributed by atoms with Crippen molar-refractivity contribution < 1.29 is 13.6 Å². The highest BCUT2D eigenvalue weighted by Gasteiger charge is 2.42. The van der Waals surface area contributed by atoms with Gasteiger partial charge in [-0.15, -0.1) is 0 Å². The predicted octanol–water partition coefficient (Wildman–Crippen LogP) is 2.24. The van der Waals surface area contributed by atoms with Crippen LogP contribution in [-0.4, -0.2) is 42.6 Å². The molecular weight excluding hydrogens is 368 g/mol. The molecule has 0 saturated carbocycles. The topological polar surface area (TPSA) is 83.9 Å². The molecule has 0 spiro atoms. The number of amides is 1. The minimum absolute atomic E-state index is 0.0414. The van der Waals surface area contributed by atoms with E-state index in [9.17, 15) is 18.4 Å². The third kappa shape index (κ3) is 3.02. The van der Waals surface area contributed by atoms with Crippen LogP contribution >= 0.6 is 0 Å². The van der Waals surface area contributed by atoms with Crippen molar-refractivity contribution in [3.8, 4) is 0 Å². The van der Waals surface area contributed by atoms with Crippen LogP contribution < -0.4 is 5.56 Å². The second-order valence-corrected chi connectivity index (χ2v) is 7.75. The van der Waals surface area contributed by atoms with E-state index in [4.69, 9.17) is 0 Å². The number of H-pyrrole nitrogens is 1. The fraction of sp³-hybridized carbons (Fsp3) is 0.579. The SMILES string of the molecule is Cc1nc2c(c(=O)[nH]1)C[C@@H]1CC[C@H](C2)N1C(=O)[C@H](C)n1nc(C(F)F)cc1C. The Bertz CT molecular complexity index is 983. The fourth-order valence-corrected chi connectivity index (χ4v) is 4.56. The van der Waals surface area contributed by atoms with E-state index in [-0.39, 0.29) is 29.2 Å². The summed E-state index contributed by atoms with van der Waals surface area (Å²) in [6, 6.07) is 0.496. The zero-order valence-electron chi connectivity index (χ0n) is 16.1. The lowest BCUT2D eigenvalue weighted by atomic mass is 9.98. The number of halogens is 2. The molecule has 0 aliphatic carbocycles. The number of alkyl halides is 2. The number of carbonyl (C=O) groups excluding carboxylic acids is 1. The maximum absolute atomic E-state index is 13.3.